The van der Waals surface area contributed by atoms with Crippen molar-refractivity contribution in [2.45, 2.75) is 30.3 Å². The van der Waals surface area contributed by atoms with Crippen molar-refractivity contribution < 1.29 is 9.00 Å². The smallest absolute Gasteiger partial charge is 0.224 e. The molecule has 6 heteroatoms. The van der Waals surface area contributed by atoms with E-state index in [0.717, 1.165) is 16.0 Å². The monoisotopic (exact) mass is 380 g/mol. The fourth-order valence-electron chi connectivity index (χ4n) is 2.53. The first kappa shape index (κ1) is 21.4. The van der Waals surface area contributed by atoms with E-state index in [0.29, 0.717) is 0 Å². The van der Waals surface area contributed by atoms with Gasteiger partial charge in [0.1, 0.15) is 0 Å². The van der Waals surface area contributed by atoms with E-state index in [1.807, 2.05) is 61.5 Å². The summed E-state index contributed by atoms with van der Waals surface area (Å²) in [4.78, 5) is 15.0. The fourth-order valence-corrected chi connectivity index (χ4v) is 3.05. The third-order valence-electron chi connectivity index (χ3n) is 4.29. The van der Waals surface area contributed by atoms with Crippen LogP contribution in [0.25, 0.3) is 0 Å². The zero-order valence-electron chi connectivity index (χ0n) is 14.7. The number of benzene rings is 2. The molecular weight excluding hydrogens is 356 g/mol. The zero-order chi connectivity index (χ0) is 17.7. The van der Waals surface area contributed by atoms with E-state index in [2.05, 4.69) is 0 Å². The van der Waals surface area contributed by atoms with Crippen LogP contribution in [0.4, 0.5) is 0 Å². The number of halogens is 1. The normalized spacial score (nSPS) is 14.1. The summed E-state index contributed by atoms with van der Waals surface area (Å²) in [5.41, 5.74) is 8.11. The maximum atomic E-state index is 12.5. The Morgan fingerprint density at radius 3 is 2.16 bits per heavy atom. The number of nitrogens with two attached hydrogens (primary N) is 1. The van der Waals surface area contributed by atoms with Crippen LogP contribution in [0.5, 0.6) is 0 Å². The van der Waals surface area contributed by atoms with E-state index in [1.165, 1.54) is 0 Å². The van der Waals surface area contributed by atoms with Gasteiger partial charge in [-0.25, -0.2) is 0 Å². The summed E-state index contributed by atoms with van der Waals surface area (Å²) in [7, 11) is 0.792. The lowest BCUT2D eigenvalue weighted by atomic mass is 10.0. The highest BCUT2D eigenvalue weighted by Crippen LogP contribution is 2.22. The summed E-state index contributed by atoms with van der Waals surface area (Å²) in [5.74, 6) is 0.00185. The summed E-state index contributed by atoms with van der Waals surface area (Å²) in [6.07, 6.45) is 1.92. The number of carbonyl (C=O) groups excluding carboxylic acids is 1. The van der Waals surface area contributed by atoms with E-state index in [-0.39, 0.29) is 36.8 Å². The number of amides is 1. The van der Waals surface area contributed by atoms with E-state index >= 15 is 0 Å². The molecule has 0 aliphatic heterocycles. The van der Waals surface area contributed by atoms with Gasteiger partial charge in [0.15, 0.2) is 0 Å². The highest BCUT2D eigenvalue weighted by molar-refractivity contribution is 7.84. The second-order valence-corrected chi connectivity index (χ2v) is 7.30. The van der Waals surface area contributed by atoms with Gasteiger partial charge in [0.25, 0.3) is 0 Å². The predicted octanol–water partition coefficient (Wildman–Crippen LogP) is 3.46. The molecule has 136 valence electrons. The van der Waals surface area contributed by atoms with Crippen LogP contribution in [0.3, 0.4) is 0 Å². The van der Waals surface area contributed by atoms with Gasteiger partial charge in [-0.05, 0) is 30.2 Å². The van der Waals surface area contributed by atoms with Gasteiger partial charge in [-0.15, -0.1) is 12.4 Å². The average molecular weight is 381 g/mol. The molecule has 1 amide bonds. The molecule has 0 heterocycles. The molecule has 0 aliphatic carbocycles. The van der Waals surface area contributed by atoms with Crippen molar-refractivity contribution in [3.05, 3.63) is 65.7 Å². The van der Waals surface area contributed by atoms with Gasteiger partial charge in [0.05, 0.1) is 6.04 Å². The third-order valence-corrected chi connectivity index (χ3v) is 5.23. The Hall–Kier alpha value is -1.69. The van der Waals surface area contributed by atoms with Crippen molar-refractivity contribution in [1.29, 1.82) is 0 Å². The summed E-state index contributed by atoms with van der Waals surface area (Å²) < 4.78 is 11.5. The molecule has 2 aromatic carbocycles. The molecule has 3 unspecified atom stereocenters. The minimum Gasteiger partial charge on any atom is -0.339 e. The molecule has 0 saturated carbocycles. The van der Waals surface area contributed by atoms with Crippen molar-refractivity contribution in [3.8, 4) is 0 Å². The maximum absolute atomic E-state index is 12.5. The zero-order valence-corrected chi connectivity index (χ0v) is 16.3. The molecule has 0 aromatic heterocycles. The molecule has 0 radical (unpaired) electrons. The summed E-state index contributed by atoms with van der Waals surface area (Å²) in [6, 6.07) is 16.8. The topological polar surface area (TPSA) is 63.4 Å². The fraction of sp³-hybridized carbons (Fsp3) is 0.316. The van der Waals surface area contributed by atoms with Gasteiger partial charge in [0, 0.05) is 41.5 Å². The van der Waals surface area contributed by atoms with Crippen molar-refractivity contribution in [1.82, 2.24) is 4.90 Å². The van der Waals surface area contributed by atoms with Crippen molar-refractivity contribution in [2.24, 2.45) is 5.73 Å². The second-order valence-electron chi connectivity index (χ2n) is 5.93. The molecule has 0 fully saturated rings. The van der Waals surface area contributed by atoms with E-state index in [4.69, 9.17) is 5.73 Å². The lowest BCUT2D eigenvalue weighted by Gasteiger charge is -2.27. The summed E-state index contributed by atoms with van der Waals surface area (Å²) in [6.45, 7) is 1.98. The quantitative estimate of drug-likeness (QED) is 0.834. The van der Waals surface area contributed by atoms with Crippen LogP contribution in [0, 0.1) is 0 Å². The largest absolute Gasteiger partial charge is 0.339 e. The molecule has 2 rings (SSSR count). The molecule has 2 N–H and O–H groups in total. The second kappa shape index (κ2) is 9.70. The molecule has 3 atom stereocenters. The first-order valence-electron chi connectivity index (χ1n) is 7.89. The highest BCUT2D eigenvalue weighted by Gasteiger charge is 2.20. The number of hydrogen-bond donors (Lipinski definition) is 1. The van der Waals surface area contributed by atoms with Crippen LogP contribution in [-0.4, -0.2) is 28.3 Å². The van der Waals surface area contributed by atoms with Gasteiger partial charge in [-0.2, -0.15) is 0 Å². The van der Waals surface area contributed by atoms with Crippen LogP contribution in [0.15, 0.2) is 59.5 Å². The minimum absolute atomic E-state index is 0. The van der Waals surface area contributed by atoms with Gasteiger partial charge in [-0.1, -0.05) is 42.5 Å². The molecule has 0 aliphatic rings. The van der Waals surface area contributed by atoms with Gasteiger partial charge in [-0.3, -0.25) is 9.00 Å². The average Bonchev–Trinajstić information content (AvgIpc) is 2.61. The summed E-state index contributed by atoms with van der Waals surface area (Å²) >= 11 is 0. The third kappa shape index (κ3) is 5.66. The Kier molecular flexibility index (Phi) is 8.29. The first-order valence-corrected chi connectivity index (χ1v) is 9.45. The van der Waals surface area contributed by atoms with Crippen molar-refractivity contribution >= 4 is 29.1 Å². The minimum atomic E-state index is -0.996. The van der Waals surface area contributed by atoms with Crippen molar-refractivity contribution in [3.63, 3.8) is 0 Å². The molecule has 25 heavy (non-hydrogen) atoms. The van der Waals surface area contributed by atoms with Crippen LogP contribution >= 0.6 is 12.4 Å². The Morgan fingerprint density at radius 1 is 1.08 bits per heavy atom. The Bertz CT molecular complexity index is 707. The summed E-state index contributed by atoms with van der Waals surface area (Å²) in [5, 5.41) is 0. The van der Waals surface area contributed by atoms with Crippen molar-refractivity contribution in [2.75, 3.05) is 13.3 Å². The molecule has 4 nitrogen and oxygen atoms in total. The Balaban J connectivity index is 0.00000312. The number of hydrogen-bond acceptors (Lipinski definition) is 3. The van der Waals surface area contributed by atoms with Gasteiger partial charge >= 0.3 is 0 Å². The number of carbonyl (C=O) groups is 1. The van der Waals surface area contributed by atoms with E-state index < -0.39 is 10.8 Å². The van der Waals surface area contributed by atoms with Crippen LogP contribution < -0.4 is 5.73 Å². The molecule has 0 bridgehead atoms. The molecule has 0 saturated heterocycles. The van der Waals surface area contributed by atoms with Crippen LogP contribution in [0.2, 0.25) is 0 Å². The molecular formula is C19H25ClN2O2S. The molecule has 2 aromatic rings. The highest BCUT2D eigenvalue weighted by atomic mass is 35.5. The number of nitrogens with zero attached hydrogens (tertiary/aromatic N) is 1. The SMILES string of the molecule is CC(c1ccc(S(C)=O)cc1)N(C)C(=O)CC(N)c1ccccc1.Cl. The lowest BCUT2D eigenvalue weighted by Crippen LogP contribution is -2.32. The number of rotatable bonds is 6. The predicted molar refractivity (Wildman–Crippen MR) is 105 cm³/mol. The van der Waals surface area contributed by atoms with Gasteiger partial charge in [0.2, 0.25) is 5.91 Å². The Morgan fingerprint density at radius 2 is 1.64 bits per heavy atom. The lowest BCUT2D eigenvalue weighted by molar-refractivity contribution is -0.132. The van der Waals surface area contributed by atoms with Crippen LogP contribution in [0.1, 0.15) is 36.6 Å². The standard InChI is InChI=1S/C19H24N2O2S.ClH/c1-14(15-9-11-17(12-10-15)24(3)23)21(2)19(22)13-18(20)16-7-5-4-6-8-16;/h4-12,14,18H,13,20H2,1-3H3;1H. The maximum Gasteiger partial charge on any atom is 0.224 e. The molecule has 0 spiro atoms. The van der Waals surface area contributed by atoms with Gasteiger partial charge < -0.3 is 10.6 Å². The van der Waals surface area contributed by atoms with Crippen LogP contribution in [-0.2, 0) is 15.6 Å². The van der Waals surface area contributed by atoms with E-state index in [9.17, 15) is 9.00 Å². The van der Waals surface area contributed by atoms with E-state index in [1.54, 1.807) is 18.2 Å². The Labute approximate surface area is 158 Å². The first-order chi connectivity index (χ1) is 11.4.